The average molecular weight is 440 g/mol. The van der Waals surface area contributed by atoms with Crippen molar-refractivity contribution in [2.75, 3.05) is 6.54 Å². The summed E-state index contributed by atoms with van der Waals surface area (Å²) in [4.78, 5) is 39.8. The molecule has 0 aliphatic carbocycles. The van der Waals surface area contributed by atoms with Gasteiger partial charge in [-0.05, 0) is 66.4 Å². The third-order valence-electron chi connectivity index (χ3n) is 5.47. The summed E-state index contributed by atoms with van der Waals surface area (Å²) in [7, 11) is 0. The van der Waals surface area contributed by atoms with Crippen LogP contribution in [0.3, 0.4) is 0 Å². The fourth-order valence-corrected chi connectivity index (χ4v) is 4.04. The van der Waals surface area contributed by atoms with E-state index in [1.165, 1.54) is 28.8 Å². The lowest BCUT2D eigenvalue weighted by Gasteiger charge is -2.30. The molecule has 4 rings (SSSR count). The molecule has 8 heteroatoms. The monoisotopic (exact) mass is 439 g/mol. The largest absolute Gasteiger partial charge is 0.365 e. The number of primary amides is 1. The Morgan fingerprint density at radius 2 is 1.84 bits per heavy atom. The first kappa shape index (κ1) is 20.8. The van der Waals surface area contributed by atoms with Crippen LogP contribution in [0.4, 0.5) is 4.39 Å². The maximum atomic E-state index is 13.3. The summed E-state index contributed by atoms with van der Waals surface area (Å²) >= 11 is 6.07. The van der Waals surface area contributed by atoms with Crippen molar-refractivity contribution < 1.29 is 14.0 Å². The van der Waals surface area contributed by atoms with Crippen molar-refractivity contribution in [1.82, 2.24) is 9.47 Å². The van der Waals surface area contributed by atoms with Crippen LogP contribution in [0.2, 0.25) is 5.02 Å². The molecule has 158 valence electrons. The molecule has 2 heterocycles. The first-order valence-corrected chi connectivity index (χ1v) is 10.0. The van der Waals surface area contributed by atoms with Gasteiger partial charge in [-0.1, -0.05) is 17.7 Å². The average Bonchev–Trinajstić information content (AvgIpc) is 2.74. The van der Waals surface area contributed by atoms with Crippen LogP contribution in [-0.4, -0.2) is 27.8 Å². The molecule has 2 aromatic carbocycles. The molecule has 0 saturated carbocycles. The van der Waals surface area contributed by atoms with Gasteiger partial charge in [-0.3, -0.25) is 19.0 Å². The van der Waals surface area contributed by atoms with E-state index >= 15 is 0 Å². The zero-order chi connectivity index (χ0) is 22.3. The Kier molecular flexibility index (Phi) is 5.37. The van der Waals surface area contributed by atoms with Gasteiger partial charge < -0.3 is 10.6 Å². The van der Waals surface area contributed by atoms with Crippen LogP contribution >= 0.6 is 11.6 Å². The third kappa shape index (κ3) is 3.84. The number of hydrogen-bond donors (Lipinski definition) is 1. The summed E-state index contributed by atoms with van der Waals surface area (Å²) in [5, 5.41) is 0.465. The maximum absolute atomic E-state index is 13.3. The number of nitrogens with zero attached hydrogens (tertiary/aromatic N) is 2. The predicted molar refractivity (Wildman–Crippen MR) is 115 cm³/mol. The summed E-state index contributed by atoms with van der Waals surface area (Å²) < 4.78 is 14.6. The Labute approximate surface area is 182 Å². The van der Waals surface area contributed by atoms with E-state index in [2.05, 4.69) is 0 Å². The van der Waals surface area contributed by atoms with E-state index in [1.807, 2.05) is 6.92 Å². The lowest BCUT2D eigenvalue weighted by atomic mass is 9.95. The molecule has 2 amide bonds. The number of pyridine rings is 1. The van der Waals surface area contributed by atoms with E-state index in [9.17, 15) is 18.8 Å². The maximum Gasteiger partial charge on any atom is 0.268 e. The van der Waals surface area contributed by atoms with E-state index in [-0.39, 0.29) is 18.0 Å². The summed E-state index contributed by atoms with van der Waals surface area (Å²) in [5.41, 5.74) is 7.73. The second-order valence-electron chi connectivity index (χ2n) is 7.46. The highest BCUT2D eigenvalue weighted by molar-refractivity contribution is 6.31. The van der Waals surface area contributed by atoms with Crippen molar-refractivity contribution in [2.24, 2.45) is 5.73 Å². The van der Waals surface area contributed by atoms with Crippen molar-refractivity contribution in [1.29, 1.82) is 0 Å². The number of aryl methyl sites for hydroxylation is 1. The number of fused-ring (bicyclic) bond motifs is 1. The molecule has 1 aliphatic heterocycles. The van der Waals surface area contributed by atoms with E-state index in [0.717, 1.165) is 5.56 Å². The molecule has 0 radical (unpaired) electrons. The van der Waals surface area contributed by atoms with Gasteiger partial charge in [0.1, 0.15) is 11.4 Å². The topological polar surface area (TPSA) is 85.4 Å². The Bertz CT molecular complexity index is 1270. The highest BCUT2D eigenvalue weighted by atomic mass is 35.5. The van der Waals surface area contributed by atoms with Gasteiger partial charge in [0.25, 0.3) is 17.4 Å². The number of nitrogens with two attached hydrogens (primary N) is 1. The smallest absolute Gasteiger partial charge is 0.268 e. The van der Waals surface area contributed by atoms with Crippen molar-refractivity contribution in [3.05, 3.63) is 97.7 Å². The number of carbonyl (C=O) groups excluding carboxylic acids is 2. The summed E-state index contributed by atoms with van der Waals surface area (Å²) in [6, 6.07) is 10.5. The quantitative estimate of drug-likeness (QED) is 0.679. The molecule has 3 aromatic rings. The standard InChI is InChI=1S/C23H19ClFN3O3/c1-13-2-3-15(24)10-19(13)22(30)27-9-8-18-14(11-27)12-28(23(31)20(18)21(26)29)17-6-4-16(25)5-7-17/h2-7,10,12H,8-9,11H2,1H3,(H2,26,29). The second-order valence-corrected chi connectivity index (χ2v) is 7.90. The van der Waals surface area contributed by atoms with E-state index in [1.54, 1.807) is 29.3 Å². The highest BCUT2D eigenvalue weighted by Gasteiger charge is 2.28. The first-order valence-electron chi connectivity index (χ1n) is 9.65. The molecular weight excluding hydrogens is 421 g/mol. The number of amides is 2. The minimum atomic E-state index is -0.830. The molecule has 0 fully saturated rings. The number of aromatic nitrogens is 1. The summed E-state index contributed by atoms with van der Waals surface area (Å²) in [6.07, 6.45) is 1.90. The normalized spacial score (nSPS) is 13.1. The molecular formula is C23H19ClFN3O3. The van der Waals surface area contributed by atoms with Crippen LogP contribution in [0.5, 0.6) is 0 Å². The van der Waals surface area contributed by atoms with Gasteiger partial charge in [-0.25, -0.2) is 4.39 Å². The van der Waals surface area contributed by atoms with Crippen molar-refractivity contribution in [2.45, 2.75) is 19.9 Å². The van der Waals surface area contributed by atoms with Gasteiger partial charge in [0.05, 0.1) is 0 Å². The molecule has 0 saturated heterocycles. The third-order valence-corrected chi connectivity index (χ3v) is 5.70. The van der Waals surface area contributed by atoms with E-state index < -0.39 is 17.3 Å². The van der Waals surface area contributed by atoms with Crippen LogP contribution < -0.4 is 11.3 Å². The minimum Gasteiger partial charge on any atom is -0.365 e. The Hall–Kier alpha value is -3.45. The van der Waals surface area contributed by atoms with Gasteiger partial charge in [0, 0.05) is 35.6 Å². The molecule has 31 heavy (non-hydrogen) atoms. The van der Waals surface area contributed by atoms with Crippen LogP contribution in [-0.2, 0) is 13.0 Å². The van der Waals surface area contributed by atoms with Gasteiger partial charge in [0.2, 0.25) is 0 Å². The van der Waals surface area contributed by atoms with Crippen molar-refractivity contribution in [3.63, 3.8) is 0 Å². The molecule has 0 spiro atoms. The number of halogens is 2. The molecule has 0 unspecified atom stereocenters. The Balaban J connectivity index is 1.78. The van der Waals surface area contributed by atoms with Crippen LogP contribution in [0.1, 0.15) is 37.4 Å². The van der Waals surface area contributed by atoms with Gasteiger partial charge in [-0.2, -0.15) is 0 Å². The number of carbonyl (C=O) groups is 2. The van der Waals surface area contributed by atoms with E-state index in [0.29, 0.717) is 40.4 Å². The highest BCUT2D eigenvalue weighted by Crippen LogP contribution is 2.25. The van der Waals surface area contributed by atoms with Crippen molar-refractivity contribution in [3.8, 4) is 5.69 Å². The number of rotatable bonds is 3. The SMILES string of the molecule is Cc1ccc(Cl)cc1C(=O)N1CCc2c(cn(-c3ccc(F)cc3)c(=O)c2C(N)=O)C1. The lowest BCUT2D eigenvalue weighted by Crippen LogP contribution is -2.40. The zero-order valence-electron chi connectivity index (χ0n) is 16.7. The predicted octanol–water partition coefficient (Wildman–Crippen LogP) is 3.24. The van der Waals surface area contributed by atoms with Gasteiger partial charge in [0.15, 0.2) is 0 Å². The fourth-order valence-electron chi connectivity index (χ4n) is 3.87. The number of hydrogen-bond acceptors (Lipinski definition) is 3. The van der Waals surface area contributed by atoms with Crippen molar-refractivity contribution >= 4 is 23.4 Å². The Morgan fingerprint density at radius 3 is 2.52 bits per heavy atom. The molecule has 1 aliphatic rings. The van der Waals surface area contributed by atoms with Crippen LogP contribution in [0.15, 0.2) is 53.5 Å². The minimum absolute atomic E-state index is 0.104. The number of benzene rings is 2. The van der Waals surface area contributed by atoms with Gasteiger partial charge in [-0.15, -0.1) is 0 Å². The fraction of sp³-hybridized carbons (Fsp3) is 0.174. The van der Waals surface area contributed by atoms with Crippen LogP contribution in [0.25, 0.3) is 5.69 Å². The molecule has 6 nitrogen and oxygen atoms in total. The lowest BCUT2D eigenvalue weighted by molar-refractivity contribution is 0.0733. The summed E-state index contributed by atoms with van der Waals surface area (Å²) in [6.45, 7) is 2.36. The molecule has 2 N–H and O–H groups in total. The zero-order valence-corrected chi connectivity index (χ0v) is 17.4. The second kappa shape index (κ2) is 8.00. The molecule has 1 aromatic heterocycles. The van der Waals surface area contributed by atoms with E-state index in [4.69, 9.17) is 17.3 Å². The molecule has 0 atom stereocenters. The first-order chi connectivity index (χ1) is 14.8. The summed E-state index contributed by atoms with van der Waals surface area (Å²) in [5.74, 6) is -1.47. The Morgan fingerprint density at radius 1 is 1.13 bits per heavy atom. The van der Waals surface area contributed by atoms with Crippen LogP contribution in [0, 0.1) is 12.7 Å². The van der Waals surface area contributed by atoms with Gasteiger partial charge >= 0.3 is 0 Å². The molecule has 0 bridgehead atoms.